The minimum Gasteiger partial charge on any atom is -0.465 e. The van der Waals surface area contributed by atoms with Gasteiger partial charge in [0, 0.05) is 17.2 Å². The van der Waals surface area contributed by atoms with Crippen molar-refractivity contribution in [3.8, 4) is 0 Å². The molecule has 0 saturated heterocycles. The Balaban J connectivity index is 1.56. The van der Waals surface area contributed by atoms with Gasteiger partial charge in [-0.1, -0.05) is 42.5 Å². The molecule has 0 aromatic heterocycles. The molecule has 0 fully saturated rings. The Hall–Kier alpha value is -3.57. The number of anilines is 1. The number of thioether (sulfide) groups is 1. The fourth-order valence-electron chi connectivity index (χ4n) is 4.16. The molecule has 216 valence electrons. The molecule has 40 heavy (non-hydrogen) atoms. The van der Waals surface area contributed by atoms with Gasteiger partial charge in [-0.05, 0) is 50.8 Å². The van der Waals surface area contributed by atoms with Crippen LogP contribution in [-0.4, -0.2) is 68.1 Å². The number of amides is 2. The number of benzene rings is 2. The van der Waals surface area contributed by atoms with E-state index in [0.29, 0.717) is 37.2 Å². The summed E-state index contributed by atoms with van der Waals surface area (Å²) in [6, 6.07) is 15.3. The Morgan fingerprint density at radius 3 is 2.45 bits per heavy atom. The number of nitrogens with one attached hydrogen (secondary N) is 2. The fourth-order valence-corrected chi connectivity index (χ4v) is 5.25. The first-order valence-corrected chi connectivity index (χ1v) is 14.5. The lowest BCUT2D eigenvalue weighted by atomic mass is 10.1. The largest absolute Gasteiger partial charge is 0.465 e. The van der Waals surface area contributed by atoms with Crippen LogP contribution >= 0.6 is 11.8 Å². The molecule has 1 unspecified atom stereocenters. The molecule has 1 heterocycles. The molecule has 2 atom stereocenters. The number of unbranched alkanes of at least 4 members (excludes halogenated alkanes) is 1. The normalized spacial score (nSPS) is 15.4. The number of hydrogen-bond donors (Lipinski definition) is 2. The van der Waals surface area contributed by atoms with Gasteiger partial charge in [-0.2, -0.15) is 0 Å². The van der Waals surface area contributed by atoms with Gasteiger partial charge in [-0.15, -0.1) is 11.8 Å². The lowest BCUT2D eigenvalue weighted by Gasteiger charge is -2.27. The van der Waals surface area contributed by atoms with E-state index in [-0.39, 0.29) is 32.3 Å². The average Bonchev–Trinajstić information content (AvgIpc) is 3.08. The molecule has 1 aliphatic rings. The molecule has 2 amide bonds. The molecule has 2 aromatic carbocycles. The first-order valence-electron chi connectivity index (χ1n) is 13.5. The highest BCUT2D eigenvalue weighted by atomic mass is 32.2. The van der Waals surface area contributed by atoms with Gasteiger partial charge in [0.1, 0.15) is 19.2 Å². The second kappa shape index (κ2) is 16.5. The molecule has 0 spiro atoms. The van der Waals surface area contributed by atoms with E-state index in [0.717, 1.165) is 10.5 Å². The van der Waals surface area contributed by atoms with Crippen molar-refractivity contribution in [1.82, 2.24) is 10.6 Å². The molecule has 2 N–H and O–H groups in total. The van der Waals surface area contributed by atoms with Crippen molar-refractivity contribution in [3.63, 3.8) is 0 Å². The number of esters is 2. The van der Waals surface area contributed by atoms with Crippen molar-refractivity contribution in [3.05, 3.63) is 60.2 Å². The molecule has 10 nitrogen and oxygen atoms in total. The highest BCUT2D eigenvalue weighted by molar-refractivity contribution is 7.99. The summed E-state index contributed by atoms with van der Waals surface area (Å²) in [4.78, 5) is 53.0. The van der Waals surface area contributed by atoms with Crippen molar-refractivity contribution in [2.75, 3.05) is 37.0 Å². The van der Waals surface area contributed by atoms with Gasteiger partial charge in [-0.25, -0.2) is 4.79 Å². The summed E-state index contributed by atoms with van der Waals surface area (Å²) >= 11 is 1.48. The van der Waals surface area contributed by atoms with E-state index in [1.54, 1.807) is 19.9 Å². The fraction of sp³-hybridized carbons (Fsp3) is 0.448. The Labute approximate surface area is 239 Å². The van der Waals surface area contributed by atoms with Gasteiger partial charge in [0.05, 0.1) is 24.9 Å². The molecule has 2 aromatic rings. The second-order valence-corrected chi connectivity index (χ2v) is 10.1. The summed E-state index contributed by atoms with van der Waals surface area (Å²) < 4.78 is 15.6. The molecular weight excluding hydrogens is 534 g/mol. The number of para-hydroxylation sites is 1. The van der Waals surface area contributed by atoms with Crippen LogP contribution in [0.15, 0.2) is 59.5 Å². The standard InChI is InChI=1S/C29H37N3O7S/c1-3-37-26(33)18-32-24-15-8-9-16-25(24)40-20-23(27(32)34)31-22(28(35)38-4-2)14-10-11-17-30-29(36)39-19-21-12-6-5-7-13-21/h5-9,12-13,15-16,22-23,31H,3-4,10-11,14,17-20H2,1-2H3,(H,30,36)/t22?,23-/m0/s1. The molecule has 0 bridgehead atoms. The van der Waals surface area contributed by atoms with Gasteiger partial charge in [0.25, 0.3) is 0 Å². The van der Waals surface area contributed by atoms with Crippen LogP contribution in [-0.2, 0) is 35.2 Å². The molecule has 11 heteroatoms. The summed E-state index contributed by atoms with van der Waals surface area (Å²) in [5.41, 5.74) is 1.53. The van der Waals surface area contributed by atoms with Crippen molar-refractivity contribution < 1.29 is 33.4 Å². The van der Waals surface area contributed by atoms with Gasteiger partial charge >= 0.3 is 18.0 Å². The number of fused-ring (bicyclic) bond motifs is 1. The van der Waals surface area contributed by atoms with E-state index in [1.807, 2.05) is 48.5 Å². The quantitative estimate of drug-likeness (QED) is 0.199. The maximum absolute atomic E-state index is 13.6. The number of alkyl carbamates (subject to hydrolysis) is 1. The summed E-state index contributed by atoms with van der Waals surface area (Å²) in [6.07, 6.45) is 1.09. The van der Waals surface area contributed by atoms with Crippen LogP contribution in [0.1, 0.15) is 38.7 Å². The van der Waals surface area contributed by atoms with Crippen LogP contribution in [0, 0.1) is 0 Å². The van der Waals surface area contributed by atoms with Crippen LogP contribution in [0.2, 0.25) is 0 Å². The van der Waals surface area contributed by atoms with E-state index in [2.05, 4.69) is 10.6 Å². The monoisotopic (exact) mass is 571 g/mol. The number of hydrogen-bond acceptors (Lipinski definition) is 9. The summed E-state index contributed by atoms with van der Waals surface area (Å²) in [6.45, 7) is 4.20. The molecule has 3 rings (SSSR count). The van der Waals surface area contributed by atoms with Crippen molar-refractivity contribution in [1.29, 1.82) is 0 Å². The zero-order valence-electron chi connectivity index (χ0n) is 22.9. The van der Waals surface area contributed by atoms with Crippen LogP contribution in [0.25, 0.3) is 0 Å². The minimum atomic E-state index is -0.731. The highest BCUT2D eigenvalue weighted by Crippen LogP contribution is 2.34. The van der Waals surface area contributed by atoms with Crippen LogP contribution in [0.5, 0.6) is 0 Å². The lowest BCUT2D eigenvalue weighted by molar-refractivity contribution is -0.146. The van der Waals surface area contributed by atoms with E-state index < -0.39 is 30.1 Å². The maximum Gasteiger partial charge on any atom is 0.407 e. The summed E-state index contributed by atoms with van der Waals surface area (Å²) in [5.74, 6) is -0.898. The Morgan fingerprint density at radius 1 is 0.975 bits per heavy atom. The first kappa shape index (κ1) is 31.0. The minimum absolute atomic E-state index is 0.187. The summed E-state index contributed by atoms with van der Waals surface area (Å²) in [7, 11) is 0. The molecule has 1 aliphatic heterocycles. The van der Waals surface area contributed by atoms with Gasteiger partial charge in [0.15, 0.2) is 0 Å². The first-order chi connectivity index (χ1) is 19.4. The zero-order chi connectivity index (χ0) is 28.7. The third-order valence-electron chi connectivity index (χ3n) is 6.09. The van der Waals surface area contributed by atoms with Gasteiger partial charge in [-0.3, -0.25) is 24.6 Å². The van der Waals surface area contributed by atoms with Crippen LogP contribution in [0.4, 0.5) is 10.5 Å². The van der Waals surface area contributed by atoms with E-state index in [9.17, 15) is 19.2 Å². The molecular formula is C29H37N3O7S. The number of carbonyl (C=O) groups excluding carboxylic acids is 4. The van der Waals surface area contributed by atoms with E-state index in [4.69, 9.17) is 14.2 Å². The van der Waals surface area contributed by atoms with Crippen LogP contribution in [0.3, 0.4) is 0 Å². The number of rotatable bonds is 14. The number of ether oxygens (including phenoxy) is 3. The predicted octanol–water partition coefficient (Wildman–Crippen LogP) is 3.68. The summed E-state index contributed by atoms with van der Waals surface area (Å²) in [5, 5.41) is 5.90. The second-order valence-electron chi connectivity index (χ2n) is 9.02. The van der Waals surface area contributed by atoms with Crippen molar-refractivity contribution in [2.45, 2.75) is 56.7 Å². The molecule has 0 aliphatic carbocycles. The van der Waals surface area contributed by atoms with Crippen molar-refractivity contribution in [2.24, 2.45) is 0 Å². The predicted molar refractivity (Wildman–Crippen MR) is 152 cm³/mol. The topological polar surface area (TPSA) is 123 Å². The van der Waals surface area contributed by atoms with E-state index >= 15 is 0 Å². The van der Waals surface area contributed by atoms with Crippen LogP contribution < -0.4 is 15.5 Å². The van der Waals surface area contributed by atoms with E-state index in [1.165, 1.54) is 16.7 Å². The number of carbonyl (C=O) groups is 4. The van der Waals surface area contributed by atoms with Crippen molar-refractivity contribution >= 4 is 41.4 Å². The average molecular weight is 572 g/mol. The third kappa shape index (κ3) is 9.56. The Bertz CT molecular complexity index is 1130. The Morgan fingerprint density at radius 2 is 1.70 bits per heavy atom. The lowest BCUT2D eigenvalue weighted by Crippen LogP contribution is -2.54. The molecule has 0 radical (unpaired) electrons. The zero-order valence-corrected chi connectivity index (χ0v) is 23.7. The Kier molecular flexibility index (Phi) is 12.8. The highest BCUT2D eigenvalue weighted by Gasteiger charge is 2.35. The SMILES string of the molecule is CCOC(=O)CN1C(=O)[C@@H](NC(CCCCNC(=O)OCc2ccccc2)C(=O)OCC)CSc2ccccc21. The molecule has 0 saturated carbocycles. The maximum atomic E-state index is 13.6. The van der Waals surface area contributed by atoms with Gasteiger partial charge in [0.2, 0.25) is 5.91 Å². The third-order valence-corrected chi connectivity index (χ3v) is 7.25. The number of nitrogens with zero attached hydrogens (tertiary/aromatic N) is 1. The van der Waals surface area contributed by atoms with Gasteiger partial charge < -0.3 is 19.5 Å². The smallest absolute Gasteiger partial charge is 0.407 e.